The molecule has 0 spiro atoms. The number of para-hydroxylation sites is 2. The number of amides is 2. The van der Waals surface area contributed by atoms with Crippen LogP contribution in [0, 0.1) is 10.1 Å². The quantitative estimate of drug-likeness (QED) is 0.0800. The van der Waals surface area contributed by atoms with Crippen LogP contribution >= 0.6 is 11.8 Å². The Morgan fingerprint density at radius 3 is 2.17 bits per heavy atom. The van der Waals surface area contributed by atoms with Gasteiger partial charge in [0.2, 0.25) is 0 Å². The number of carbonyl (C=O) groups excluding carboxylic acids is 2. The summed E-state index contributed by atoms with van der Waals surface area (Å²) in [5.41, 5.74) is 1.83. The Hall–Kier alpha value is -4.63. The fraction of sp³-hybridized carbons (Fsp3) is 0.188. The zero-order chi connectivity index (χ0) is 29.0. The van der Waals surface area contributed by atoms with Gasteiger partial charge in [-0.2, -0.15) is 0 Å². The molecule has 9 heteroatoms. The lowest BCUT2D eigenvalue weighted by Crippen LogP contribution is -2.36. The minimum absolute atomic E-state index is 0.145. The van der Waals surface area contributed by atoms with Gasteiger partial charge in [-0.05, 0) is 79.4 Å². The fourth-order valence-electron chi connectivity index (χ4n) is 4.15. The third kappa shape index (κ3) is 8.68. The number of hydrogen-bond donors (Lipinski definition) is 1. The summed E-state index contributed by atoms with van der Waals surface area (Å²) in [6, 6.07) is 30.6. The summed E-state index contributed by atoms with van der Waals surface area (Å²) in [7, 11) is 0. The van der Waals surface area contributed by atoms with E-state index in [9.17, 15) is 19.7 Å². The summed E-state index contributed by atoms with van der Waals surface area (Å²) < 4.78 is 5.32. The van der Waals surface area contributed by atoms with Crippen molar-refractivity contribution in [2.45, 2.75) is 42.4 Å². The van der Waals surface area contributed by atoms with Gasteiger partial charge in [0.1, 0.15) is 11.4 Å². The third-order valence-corrected chi connectivity index (χ3v) is 7.19. The number of urea groups is 1. The van der Waals surface area contributed by atoms with Crippen molar-refractivity contribution in [3.05, 3.63) is 119 Å². The van der Waals surface area contributed by atoms with Crippen LogP contribution in [0.2, 0.25) is 0 Å². The van der Waals surface area contributed by atoms with Gasteiger partial charge < -0.3 is 10.1 Å². The van der Waals surface area contributed by atoms with Crippen molar-refractivity contribution in [2.75, 3.05) is 16.8 Å². The van der Waals surface area contributed by atoms with Crippen LogP contribution in [0.15, 0.2) is 113 Å². The Kier molecular flexibility index (Phi) is 10.5. The number of nitrogens with one attached hydrogen (secondary N) is 1. The molecular formula is C32H31N3O5S. The van der Waals surface area contributed by atoms with Crippen molar-refractivity contribution < 1.29 is 19.2 Å². The predicted octanol–water partition coefficient (Wildman–Crippen LogP) is 8.12. The summed E-state index contributed by atoms with van der Waals surface area (Å²) in [5, 5.41) is 14.2. The van der Waals surface area contributed by atoms with E-state index in [1.165, 1.54) is 17.7 Å². The molecule has 1 N–H and O–H groups in total. The standard InChI is InChI=1S/C32H31N3O5S/c1-2-9-31(36)40-26-17-21-28(22-18-26)41-27-19-15-25(16-20-27)34(23-8-12-24-10-4-3-5-11-24)32(37)33-29-13-6-7-14-30(29)35(38)39/h3-7,10-11,13-22H,2,8-9,12,23H2,1H3,(H,33,37). The molecule has 0 aromatic heterocycles. The molecule has 0 saturated heterocycles. The monoisotopic (exact) mass is 569 g/mol. The van der Waals surface area contributed by atoms with Crippen LogP contribution in [0.1, 0.15) is 31.7 Å². The number of anilines is 2. The second-order valence-corrected chi connectivity index (χ2v) is 10.4. The molecule has 0 aliphatic rings. The van der Waals surface area contributed by atoms with Crippen LogP contribution in [0.25, 0.3) is 0 Å². The number of rotatable bonds is 12. The molecule has 41 heavy (non-hydrogen) atoms. The summed E-state index contributed by atoms with van der Waals surface area (Å²) >= 11 is 1.54. The normalized spacial score (nSPS) is 10.6. The molecule has 210 valence electrons. The predicted molar refractivity (Wildman–Crippen MR) is 162 cm³/mol. The van der Waals surface area contributed by atoms with E-state index < -0.39 is 11.0 Å². The maximum absolute atomic E-state index is 13.4. The Balaban J connectivity index is 1.47. The largest absolute Gasteiger partial charge is 0.427 e. The summed E-state index contributed by atoms with van der Waals surface area (Å²) in [4.78, 5) is 39.6. The number of aryl methyl sites for hydroxylation is 1. The van der Waals surface area contributed by atoms with E-state index in [-0.39, 0.29) is 17.3 Å². The molecule has 0 aliphatic heterocycles. The summed E-state index contributed by atoms with van der Waals surface area (Å²) in [5.74, 6) is 0.265. The first-order valence-electron chi connectivity index (χ1n) is 13.4. The number of nitro benzene ring substituents is 1. The summed E-state index contributed by atoms with van der Waals surface area (Å²) in [6.45, 7) is 2.35. The minimum Gasteiger partial charge on any atom is -0.427 e. The molecule has 4 aromatic rings. The van der Waals surface area contributed by atoms with Gasteiger partial charge in [0.15, 0.2) is 0 Å². The average Bonchev–Trinajstić information content (AvgIpc) is 2.98. The van der Waals surface area contributed by atoms with Crippen LogP contribution in [0.3, 0.4) is 0 Å². The van der Waals surface area contributed by atoms with Gasteiger partial charge in [0.05, 0.1) is 4.92 Å². The first kappa shape index (κ1) is 29.4. The second-order valence-electron chi connectivity index (χ2n) is 9.24. The van der Waals surface area contributed by atoms with Crippen molar-refractivity contribution in [3.8, 4) is 5.75 Å². The first-order chi connectivity index (χ1) is 19.9. The fourth-order valence-corrected chi connectivity index (χ4v) is 4.96. The van der Waals surface area contributed by atoms with Crippen LogP contribution in [-0.4, -0.2) is 23.5 Å². The molecule has 0 unspecified atom stereocenters. The van der Waals surface area contributed by atoms with Crippen LogP contribution in [0.5, 0.6) is 5.75 Å². The van der Waals surface area contributed by atoms with E-state index in [0.717, 1.165) is 22.6 Å². The van der Waals surface area contributed by atoms with Crippen LogP contribution in [0.4, 0.5) is 21.9 Å². The van der Waals surface area contributed by atoms with Gasteiger partial charge in [-0.3, -0.25) is 19.8 Å². The molecule has 0 atom stereocenters. The van der Waals surface area contributed by atoms with Crippen LogP contribution in [-0.2, 0) is 11.2 Å². The Morgan fingerprint density at radius 1 is 0.878 bits per heavy atom. The number of nitrogens with zero attached hydrogens (tertiary/aromatic N) is 2. The molecule has 0 bridgehead atoms. The van der Waals surface area contributed by atoms with Gasteiger partial charge >= 0.3 is 12.0 Å². The number of benzene rings is 4. The van der Waals surface area contributed by atoms with Gasteiger partial charge in [-0.15, -0.1) is 0 Å². The lowest BCUT2D eigenvalue weighted by molar-refractivity contribution is -0.383. The Bertz CT molecular complexity index is 1460. The van der Waals surface area contributed by atoms with E-state index in [2.05, 4.69) is 5.32 Å². The number of esters is 1. The molecule has 2 amide bonds. The molecule has 0 radical (unpaired) electrons. The van der Waals surface area contributed by atoms with Crippen molar-refractivity contribution in [2.24, 2.45) is 0 Å². The minimum atomic E-state index is -0.511. The zero-order valence-corrected chi connectivity index (χ0v) is 23.5. The number of ether oxygens (including phenoxy) is 1. The average molecular weight is 570 g/mol. The lowest BCUT2D eigenvalue weighted by atomic mass is 10.1. The zero-order valence-electron chi connectivity index (χ0n) is 22.7. The number of hydrogen-bond acceptors (Lipinski definition) is 6. The van der Waals surface area contributed by atoms with E-state index >= 15 is 0 Å². The topological polar surface area (TPSA) is 102 Å². The SMILES string of the molecule is CCCC(=O)Oc1ccc(Sc2ccc(N(CCCc3ccccc3)C(=O)Nc3ccccc3[N+](=O)[O-])cc2)cc1. The number of nitro groups is 1. The highest BCUT2D eigenvalue weighted by Crippen LogP contribution is 2.31. The summed E-state index contributed by atoms with van der Waals surface area (Å²) in [6.07, 6.45) is 2.61. The van der Waals surface area contributed by atoms with Gasteiger partial charge in [0, 0.05) is 34.5 Å². The highest BCUT2D eigenvalue weighted by Gasteiger charge is 2.20. The molecule has 0 fully saturated rings. The molecular weight excluding hydrogens is 538 g/mol. The Labute approximate surface area is 243 Å². The van der Waals surface area contributed by atoms with E-state index in [1.807, 2.05) is 73.7 Å². The molecule has 4 rings (SSSR count). The molecule has 0 heterocycles. The maximum atomic E-state index is 13.4. The number of carbonyl (C=O) groups is 2. The van der Waals surface area contributed by atoms with Crippen molar-refractivity contribution >= 4 is 40.8 Å². The maximum Gasteiger partial charge on any atom is 0.326 e. The Morgan fingerprint density at radius 2 is 1.51 bits per heavy atom. The molecule has 4 aromatic carbocycles. The van der Waals surface area contributed by atoms with Gasteiger partial charge in [-0.25, -0.2) is 4.79 Å². The smallest absolute Gasteiger partial charge is 0.326 e. The lowest BCUT2D eigenvalue weighted by Gasteiger charge is -2.23. The third-order valence-electron chi connectivity index (χ3n) is 6.17. The van der Waals surface area contributed by atoms with Gasteiger partial charge in [0.25, 0.3) is 5.69 Å². The van der Waals surface area contributed by atoms with Gasteiger partial charge in [-0.1, -0.05) is 61.2 Å². The second kappa shape index (κ2) is 14.7. The van der Waals surface area contributed by atoms with Crippen molar-refractivity contribution in [1.29, 1.82) is 0 Å². The highest BCUT2D eigenvalue weighted by atomic mass is 32.2. The van der Waals surface area contributed by atoms with Crippen molar-refractivity contribution in [3.63, 3.8) is 0 Å². The highest BCUT2D eigenvalue weighted by molar-refractivity contribution is 7.99. The molecule has 0 aliphatic carbocycles. The van der Waals surface area contributed by atoms with E-state index in [1.54, 1.807) is 40.9 Å². The van der Waals surface area contributed by atoms with E-state index in [0.29, 0.717) is 30.8 Å². The van der Waals surface area contributed by atoms with Crippen LogP contribution < -0.4 is 15.0 Å². The molecule has 8 nitrogen and oxygen atoms in total. The van der Waals surface area contributed by atoms with E-state index in [4.69, 9.17) is 4.74 Å². The van der Waals surface area contributed by atoms with Crippen molar-refractivity contribution in [1.82, 2.24) is 0 Å². The molecule has 0 saturated carbocycles. The first-order valence-corrected chi connectivity index (χ1v) is 14.2.